The van der Waals surface area contributed by atoms with Crippen molar-refractivity contribution in [2.75, 3.05) is 12.4 Å². The minimum Gasteiger partial charge on any atom is -0.494 e. The number of carbonyl (C=O) groups is 3. The summed E-state index contributed by atoms with van der Waals surface area (Å²) in [5, 5.41) is 17.0. The Bertz CT molecular complexity index is 1170. The fourth-order valence-corrected chi connectivity index (χ4v) is 4.44. The molecule has 2 heterocycles. The van der Waals surface area contributed by atoms with Crippen molar-refractivity contribution >= 4 is 29.6 Å². The van der Waals surface area contributed by atoms with Crippen LogP contribution in [0.25, 0.3) is 5.69 Å². The molecule has 182 valence electrons. The van der Waals surface area contributed by atoms with Gasteiger partial charge in [0.05, 0.1) is 12.4 Å². The lowest BCUT2D eigenvalue weighted by atomic mass is 10.1. The highest BCUT2D eigenvalue weighted by Crippen LogP contribution is 2.25. The van der Waals surface area contributed by atoms with Gasteiger partial charge in [0.15, 0.2) is 5.16 Å². The molecule has 1 aromatic heterocycles. The minimum atomic E-state index is -0.525. The normalized spacial score (nSPS) is 15.3. The summed E-state index contributed by atoms with van der Waals surface area (Å²) in [5.74, 6) is 0.997. The van der Waals surface area contributed by atoms with Gasteiger partial charge < -0.3 is 15.4 Å². The van der Waals surface area contributed by atoms with E-state index in [2.05, 4.69) is 26.1 Å². The Morgan fingerprint density at radius 1 is 1.14 bits per heavy atom. The van der Waals surface area contributed by atoms with Crippen LogP contribution in [0.15, 0.2) is 59.8 Å². The molecule has 0 aliphatic carbocycles. The fraction of sp³-hybridized carbons (Fsp3) is 0.292. The Morgan fingerprint density at radius 3 is 2.63 bits per heavy atom. The van der Waals surface area contributed by atoms with Crippen molar-refractivity contribution in [3.8, 4) is 11.4 Å². The highest BCUT2D eigenvalue weighted by Gasteiger charge is 2.27. The second-order valence-corrected chi connectivity index (χ2v) is 8.78. The maximum absolute atomic E-state index is 12.5. The summed E-state index contributed by atoms with van der Waals surface area (Å²) in [6.07, 6.45) is 0.451. The molecule has 11 heteroatoms. The number of hydrogen-bond acceptors (Lipinski definition) is 7. The van der Waals surface area contributed by atoms with Gasteiger partial charge in [-0.25, -0.2) is 4.79 Å². The molecule has 3 N–H and O–H groups in total. The van der Waals surface area contributed by atoms with Gasteiger partial charge in [-0.1, -0.05) is 42.1 Å². The second kappa shape index (κ2) is 11.5. The van der Waals surface area contributed by atoms with Crippen LogP contribution in [0.5, 0.6) is 5.75 Å². The van der Waals surface area contributed by atoms with Crippen LogP contribution in [0.2, 0.25) is 0 Å². The lowest BCUT2D eigenvalue weighted by molar-refractivity contribution is -0.121. The first-order valence-electron chi connectivity index (χ1n) is 11.2. The summed E-state index contributed by atoms with van der Waals surface area (Å²) in [5.41, 5.74) is 1.80. The van der Waals surface area contributed by atoms with Crippen molar-refractivity contribution in [3.05, 3.63) is 66.0 Å². The lowest BCUT2D eigenvalue weighted by Gasteiger charge is -2.23. The van der Waals surface area contributed by atoms with Gasteiger partial charge in [-0.05, 0) is 36.8 Å². The van der Waals surface area contributed by atoms with E-state index in [1.807, 2.05) is 66.1 Å². The average Bonchev–Trinajstić information content (AvgIpc) is 3.24. The van der Waals surface area contributed by atoms with E-state index in [0.29, 0.717) is 30.6 Å². The third-order valence-electron chi connectivity index (χ3n) is 5.22. The first-order chi connectivity index (χ1) is 17.0. The Labute approximate surface area is 206 Å². The molecule has 1 saturated heterocycles. The number of benzene rings is 2. The predicted octanol–water partition coefficient (Wildman–Crippen LogP) is 2.22. The molecule has 0 spiro atoms. The van der Waals surface area contributed by atoms with E-state index in [9.17, 15) is 14.4 Å². The van der Waals surface area contributed by atoms with E-state index in [0.717, 1.165) is 17.0 Å². The monoisotopic (exact) mass is 494 g/mol. The van der Waals surface area contributed by atoms with E-state index in [4.69, 9.17) is 4.74 Å². The molecule has 3 aromatic rings. The zero-order valence-electron chi connectivity index (χ0n) is 19.2. The first-order valence-corrected chi connectivity index (χ1v) is 12.2. The molecular formula is C24H26N6O4S. The number of rotatable bonds is 10. The number of urea groups is 1. The summed E-state index contributed by atoms with van der Waals surface area (Å²) >= 11 is 1.26. The topological polar surface area (TPSA) is 127 Å². The van der Waals surface area contributed by atoms with E-state index in [1.165, 1.54) is 11.8 Å². The Balaban J connectivity index is 1.50. The van der Waals surface area contributed by atoms with Crippen molar-refractivity contribution in [1.82, 2.24) is 30.7 Å². The molecule has 2 aromatic carbocycles. The molecule has 0 saturated carbocycles. The Hall–Kier alpha value is -3.86. The van der Waals surface area contributed by atoms with Gasteiger partial charge in [0.1, 0.15) is 11.6 Å². The Morgan fingerprint density at radius 2 is 1.91 bits per heavy atom. The number of imide groups is 1. The molecule has 4 rings (SSSR count). The molecule has 0 radical (unpaired) electrons. The average molecular weight is 495 g/mol. The maximum Gasteiger partial charge on any atom is 0.321 e. The molecule has 1 unspecified atom stereocenters. The third-order valence-corrected chi connectivity index (χ3v) is 6.15. The molecule has 1 atom stereocenters. The van der Waals surface area contributed by atoms with Gasteiger partial charge >= 0.3 is 6.03 Å². The van der Waals surface area contributed by atoms with Gasteiger partial charge in [0.2, 0.25) is 11.8 Å². The molecule has 1 fully saturated rings. The van der Waals surface area contributed by atoms with Crippen LogP contribution in [0.1, 0.15) is 24.7 Å². The molecule has 35 heavy (non-hydrogen) atoms. The molecule has 1 aliphatic rings. The first kappa shape index (κ1) is 24.3. The van der Waals surface area contributed by atoms with Crippen LogP contribution in [0.4, 0.5) is 4.79 Å². The summed E-state index contributed by atoms with van der Waals surface area (Å²) in [7, 11) is 0. The van der Waals surface area contributed by atoms with Crippen molar-refractivity contribution in [2.24, 2.45) is 0 Å². The number of nitrogens with one attached hydrogen (secondary N) is 3. The number of amides is 4. The maximum atomic E-state index is 12.5. The fourth-order valence-electron chi connectivity index (χ4n) is 3.64. The summed E-state index contributed by atoms with van der Waals surface area (Å²) in [4.78, 5) is 36.0. The van der Waals surface area contributed by atoms with Crippen LogP contribution in [0.3, 0.4) is 0 Å². The SMILES string of the molecule is CCOc1ccc(-n2c(CC3CC(=O)NC(=O)N3)nnc2SCC(=O)NCc2ccccc2)cc1. The molecule has 10 nitrogen and oxygen atoms in total. The number of aromatic nitrogens is 3. The lowest BCUT2D eigenvalue weighted by Crippen LogP contribution is -2.53. The number of carbonyl (C=O) groups excluding carboxylic acids is 3. The predicted molar refractivity (Wildman–Crippen MR) is 130 cm³/mol. The summed E-state index contributed by atoms with van der Waals surface area (Å²) < 4.78 is 7.37. The molecule has 1 aliphatic heterocycles. The van der Waals surface area contributed by atoms with E-state index >= 15 is 0 Å². The highest BCUT2D eigenvalue weighted by molar-refractivity contribution is 7.99. The van der Waals surface area contributed by atoms with Gasteiger partial charge in [0, 0.05) is 31.1 Å². The van der Waals surface area contributed by atoms with Crippen LogP contribution < -0.4 is 20.7 Å². The van der Waals surface area contributed by atoms with Gasteiger partial charge in [0.25, 0.3) is 0 Å². The van der Waals surface area contributed by atoms with Crippen LogP contribution >= 0.6 is 11.8 Å². The van der Waals surface area contributed by atoms with Crippen LogP contribution in [-0.4, -0.2) is 51.0 Å². The van der Waals surface area contributed by atoms with Crippen molar-refractivity contribution < 1.29 is 19.1 Å². The summed E-state index contributed by atoms with van der Waals surface area (Å²) in [6.45, 7) is 2.92. The van der Waals surface area contributed by atoms with Crippen LogP contribution in [-0.2, 0) is 22.6 Å². The standard InChI is InChI=1S/C24H26N6O4S/c1-2-34-19-10-8-18(9-11-19)30-20(12-17-13-21(31)27-23(33)26-17)28-29-24(30)35-15-22(32)25-14-16-6-4-3-5-7-16/h3-11,17H,2,12-15H2,1H3,(H,25,32)(H2,26,27,31,33). The molecule has 0 bridgehead atoms. The zero-order valence-corrected chi connectivity index (χ0v) is 20.0. The minimum absolute atomic E-state index is 0.127. The van der Waals surface area contributed by atoms with Gasteiger partial charge in [-0.15, -0.1) is 10.2 Å². The Kier molecular flexibility index (Phi) is 7.99. The summed E-state index contributed by atoms with van der Waals surface area (Å²) in [6, 6.07) is 16.2. The molecule has 4 amide bonds. The highest BCUT2D eigenvalue weighted by atomic mass is 32.2. The number of ether oxygens (including phenoxy) is 1. The van der Waals surface area contributed by atoms with Gasteiger partial charge in [-0.3, -0.25) is 19.5 Å². The van der Waals surface area contributed by atoms with Crippen LogP contribution in [0, 0.1) is 0 Å². The van der Waals surface area contributed by atoms with Crippen molar-refractivity contribution in [2.45, 2.75) is 37.5 Å². The second-order valence-electron chi connectivity index (χ2n) is 7.84. The number of nitrogens with zero attached hydrogens (tertiary/aromatic N) is 3. The van der Waals surface area contributed by atoms with Crippen molar-refractivity contribution in [1.29, 1.82) is 0 Å². The van der Waals surface area contributed by atoms with E-state index in [1.54, 1.807) is 0 Å². The van der Waals surface area contributed by atoms with Crippen molar-refractivity contribution in [3.63, 3.8) is 0 Å². The number of thioether (sulfide) groups is 1. The number of hydrogen-bond donors (Lipinski definition) is 3. The zero-order chi connectivity index (χ0) is 24.6. The quantitative estimate of drug-likeness (QED) is 0.369. The largest absolute Gasteiger partial charge is 0.494 e. The third kappa shape index (κ3) is 6.60. The smallest absolute Gasteiger partial charge is 0.321 e. The van der Waals surface area contributed by atoms with E-state index < -0.39 is 12.1 Å². The van der Waals surface area contributed by atoms with E-state index in [-0.39, 0.29) is 24.0 Å². The van der Waals surface area contributed by atoms with Gasteiger partial charge in [-0.2, -0.15) is 0 Å². The molecular weight excluding hydrogens is 468 g/mol.